The molecule has 0 aliphatic carbocycles. The molecule has 1 aromatic carbocycles. The zero-order chi connectivity index (χ0) is 22.1. The molecule has 0 heterocycles. The maximum atomic E-state index is 13.7. The van der Waals surface area contributed by atoms with Gasteiger partial charge in [0.05, 0.1) is 10.2 Å². The molecule has 1 aromatic rings. The molecule has 1 rings (SSSR count). The third kappa shape index (κ3) is 4.46. The molecule has 0 unspecified atom stereocenters. The second-order valence-corrected chi connectivity index (χ2v) is 7.31. The number of carboxylic acids is 1. The van der Waals surface area contributed by atoms with Crippen LogP contribution in [0.5, 0.6) is 5.75 Å². The van der Waals surface area contributed by atoms with Crippen LogP contribution in [-0.4, -0.2) is 47.4 Å². The highest BCUT2D eigenvalue weighted by atomic mass is 127. The Hall–Kier alpha value is -1.33. The van der Waals surface area contributed by atoms with Crippen molar-refractivity contribution in [3.63, 3.8) is 0 Å². The topological polar surface area (TPSA) is 89.9 Å². The van der Waals surface area contributed by atoms with Crippen molar-refractivity contribution >= 4 is 63.1 Å². The summed E-state index contributed by atoms with van der Waals surface area (Å²) in [6.07, 6.45) is 0. The minimum Gasteiger partial charge on any atom is -0.477 e. The van der Waals surface area contributed by atoms with Crippen molar-refractivity contribution < 1.29 is 55.3 Å². The SMILES string of the molecule is CCOC(=O)c1cc(I)cc(I)c1OC(=O)C(F)(F)C(F)(F)C(F)(F)C(=O)O. The van der Waals surface area contributed by atoms with Gasteiger partial charge in [0.25, 0.3) is 0 Å². The summed E-state index contributed by atoms with van der Waals surface area (Å²) in [7, 11) is 0. The number of carbonyl (C=O) groups is 3. The van der Waals surface area contributed by atoms with Crippen LogP contribution in [0.1, 0.15) is 17.3 Å². The van der Waals surface area contributed by atoms with Crippen LogP contribution >= 0.6 is 45.2 Å². The Morgan fingerprint density at radius 1 is 1.04 bits per heavy atom. The number of ether oxygens (including phenoxy) is 2. The highest BCUT2D eigenvalue weighted by Gasteiger charge is 2.79. The molecule has 0 aliphatic heterocycles. The monoisotopic (exact) mass is 640 g/mol. The van der Waals surface area contributed by atoms with E-state index in [2.05, 4.69) is 9.47 Å². The molecule has 0 amide bonds. The van der Waals surface area contributed by atoms with Gasteiger partial charge in [0, 0.05) is 3.57 Å². The average Bonchev–Trinajstić information content (AvgIpc) is 2.56. The molecule has 1 N–H and O–H groups in total. The number of hydrogen-bond donors (Lipinski definition) is 1. The fourth-order valence-electron chi connectivity index (χ4n) is 1.64. The lowest BCUT2D eigenvalue weighted by molar-refractivity contribution is -0.297. The van der Waals surface area contributed by atoms with E-state index in [1.807, 2.05) is 0 Å². The van der Waals surface area contributed by atoms with Crippen molar-refractivity contribution in [2.24, 2.45) is 0 Å². The summed E-state index contributed by atoms with van der Waals surface area (Å²) in [5.74, 6) is -28.0. The lowest BCUT2D eigenvalue weighted by atomic mass is 10.0. The predicted molar refractivity (Wildman–Crippen MR) is 95.9 cm³/mol. The number of aliphatic carboxylic acids is 1. The van der Waals surface area contributed by atoms with Gasteiger partial charge in [-0.3, -0.25) is 0 Å². The normalized spacial score (nSPS) is 12.5. The summed E-state index contributed by atoms with van der Waals surface area (Å²) in [5, 5.41) is 8.08. The first kappa shape index (κ1) is 24.7. The number of esters is 2. The molecule has 14 heteroatoms. The summed E-state index contributed by atoms with van der Waals surface area (Å²) in [4.78, 5) is 33.7. The van der Waals surface area contributed by atoms with Crippen molar-refractivity contribution in [1.82, 2.24) is 0 Å². The fourth-order valence-corrected chi connectivity index (χ4v) is 3.60. The van der Waals surface area contributed by atoms with Gasteiger partial charge in [0.1, 0.15) is 5.56 Å². The molecule has 0 radical (unpaired) electrons. The molecule has 0 aromatic heterocycles. The number of halogens is 8. The molecule has 0 saturated carbocycles. The maximum absolute atomic E-state index is 13.7. The van der Waals surface area contributed by atoms with Gasteiger partial charge in [0.2, 0.25) is 0 Å². The fraction of sp³-hybridized carbons (Fsp3) is 0.357. The van der Waals surface area contributed by atoms with Gasteiger partial charge in [-0.15, -0.1) is 0 Å². The number of alkyl halides is 6. The Labute approximate surface area is 179 Å². The lowest BCUT2D eigenvalue weighted by Crippen LogP contribution is -2.61. The number of carboxylic acid groups (broad SMARTS) is 1. The number of rotatable bonds is 7. The minimum atomic E-state index is -6.62. The van der Waals surface area contributed by atoms with E-state index in [0.717, 1.165) is 6.07 Å². The Morgan fingerprint density at radius 3 is 2.04 bits per heavy atom. The number of hydrogen-bond acceptors (Lipinski definition) is 5. The summed E-state index contributed by atoms with van der Waals surface area (Å²) in [6.45, 7) is 1.22. The molecule has 0 fully saturated rings. The van der Waals surface area contributed by atoms with Crippen molar-refractivity contribution in [2.75, 3.05) is 6.61 Å². The highest BCUT2D eigenvalue weighted by molar-refractivity contribution is 14.1. The maximum Gasteiger partial charge on any atom is 0.411 e. The van der Waals surface area contributed by atoms with E-state index in [1.165, 1.54) is 35.6 Å². The van der Waals surface area contributed by atoms with Gasteiger partial charge in [-0.2, -0.15) is 26.3 Å². The van der Waals surface area contributed by atoms with Crippen molar-refractivity contribution in [3.8, 4) is 5.75 Å². The summed E-state index contributed by atoms with van der Waals surface area (Å²) in [6, 6.07) is 2.22. The summed E-state index contributed by atoms with van der Waals surface area (Å²) >= 11 is 3.12. The van der Waals surface area contributed by atoms with E-state index in [9.17, 15) is 40.7 Å². The zero-order valence-corrected chi connectivity index (χ0v) is 17.7. The molecule has 6 nitrogen and oxygen atoms in total. The van der Waals surface area contributed by atoms with E-state index in [-0.39, 0.29) is 10.2 Å². The van der Waals surface area contributed by atoms with E-state index in [4.69, 9.17) is 5.11 Å². The molecule has 0 spiro atoms. The number of benzene rings is 1. The molecule has 0 saturated heterocycles. The van der Waals surface area contributed by atoms with Gasteiger partial charge in [-0.1, -0.05) is 0 Å². The second kappa shape index (κ2) is 8.58. The Bertz CT molecular complexity index is 814. The van der Waals surface area contributed by atoms with Gasteiger partial charge in [-0.05, 0) is 64.2 Å². The van der Waals surface area contributed by atoms with Crippen LogP contribution in [0, 0.1) is 7.14 Å². The molecule has 0 bridgehead atoms. The van der Waals surface area contributed by atoms with E-state index in [0.29, 0.717) is 3.57 Å². The molecule has 156 valence electrons. The van der Waals surface area contributed by atoms with Crippen LogP contribution in [0.4, 0.5) is 26.3 Å². The first-order valence-electron chi connectivity index (χ1n) is 6.86. The third-order valence-electron chi connectivity index (χ3n) is 3.01. The van der Waals surface area contributed by atoms with Crippen LogP contribution in [0.25, 0.3) is 0 Å². The Kier molecular flexibility index (Phi) is 7.57. The highest BCUT2D eigenvalue weighted by Crippen LogP contribution is 2.47. The van der Waals surface area contributed by atoms with Crippen LogP contribution < -0.4 is 4.74 Å². The molecular formula is C14H8F6I2O6. The van der Waals surface area contributed by atoms with Gasteiger partial charge in [-0.25, -0.2) is 14.4 Å². The van der Waals surface area contributed by atoms with E-state index < -0.39 is 47.0 Å². The van der Waals surface area contributed by atoms with Gasteiger partial charge >= 0.3 is 35.7 Å². The van der Waals surface area contributed by atoms with Crippen LogP contribution in [0.2, 0.25) is 0 Å². The standard InChI is InChI=1S/C14H8F6I2O6/c1-2-27-9(23)6-3-5(21)4-7(22)8(6)28-11(26)13(17,18)14(19,20)12(15,16)10(24)25/h3-4H,2H2,1H3,(H,24,25). The number of carbonyl (C=O) groups excluding carboxylic acids is 2. The Morgan fingerprint density at radius 2 is 1.57 bits per heavy atom. The average molecular weight is 640 g/mol. The quantitative estimate of drug-likeness (QED) is 0.210. The van der Waals surface area contributed by atoms with Crippen LogP contribution in [-0.2, 0) is 14.3 Å². The molecule has 0 atom stereocenters. The second-order valence-electron chi connectivity index (χ2n) is 4.90. The minimum absolute atomic E-state index is 0.173. The predicted octanol–water partition coefficient (Wildman–Crippen LogP) is 3.97. The van der Waals surface area contributed by atoms with Crippen LogP contribution in [0.3, 0.4) is 0 Å². The summed E-state index contributed by atoms with van der Waals surface area (Å²) < 4.78 is 89.4. The van der Waals surface area contributed by atoms with Crippen LogP contribution in [0.15, 0.2) is 12.1 Å². The van der Waals surface area contributed by atoms with Crippen molar-refractivity contribution in [3.05, 3.63) is 24.8 Å². The first-order chi connectivity index (χ1) is 12.6. The first-order valence-corrected chi connectivity index (χ1v) is 9.02. The largest absolute Gasteiger partial charge is 0.477 e. The third-order valence-corrected chi connectivity index (χ3v) is 4.44. The molecule has 28 heavy (non-hydrogen) atoms. The molecular weight excluding hydrogens is 632 g/mol. The zero-order valence-electron chi connectivity index (χ0n) is 13.4. The lowest BCUT2D eigenvalue weighted by Gasteiger charge is -2.28. The smallest absolute Gasteiger partial charge is 0.411 e. The van der Waals surface area contributed by atoms with E-state index in [1.54, 1.807) is 22.6 Å². The van der Waals surface area contributed by atoms with Gasteiger partial charge < -0.3 is 14.6 Å². The van der Waals surface area contributed by atoms with Crippen molar-refractivity contribution in [1.29, 1.82) is 0 Å². The van der Waals surface area contributed by atoms with Gasteiger partial charge in [0.15, 0.2) is 5.75 Å². The summed E-state index contributed by atoms with van der Waals surface area (Å²) in [5.41, 5.74) is -0.601. The molecule has 0 aliphatic rings. The van der Waals surface area contributed by atoms with Crippen molar-refractivity contribution in [2.45, 2.75) is 24.7 Å². The Balaban J connectivity index is 3.40. The van der Waals surface area contributed by atoms with E-state index >= 15 is 0 Å².